The number of aliphatic imine (C=N–C) groups is 1. The topological polar surface area (TPSA) is 27.6 Å². The summed E-state index contributed by atoms with van der Waals surface area (Å²) in [5.74, 6) is 0.776. The molecule has 94 valence electrons. The number of hydrogen-bond acceptors (Lipinski definition) is 4. The summed E-state index contributed by atoms with van der Waals surface area (Å²) in [6, 6.07) is 0. The molecule has 1 aliphatic rings. The highest BCUT2D eigenvalue weighted by Crippen LogP contribution is 2.25. The van der Waals surface area contributed by atoms with Crippen molar-refractivity contribution in [3.63, 3.8) is 0 Å². The van der Waals surface area contributed by atoms with Crippen LogP contribution in [0.5, 0.6) is 0 Å². The van der Waals surface area contributed by atoms with Crippen LogP contribution in [-0.2, 0) is 0 Å². The van der Waals surface area contributed by atoms with Crippen molar-refractivity contribution in [2.24, 2.45) is 10.9 Å². The Labute approximate surface area is 104 Å². The molecule has 0 amide bonds. The zero-order valence-electron chi connectivity index (χ0n) is 11.0. The Bertz CT molecular complexity index is 228. The molecule has 0 aromatic heterocycles. The van der Waals surface area contributed by atoms with Gasteiger partial charge in [0, 0.05) is 18.3 Å². The van der Waals surface area contributed by atoms with Gasteiger partial charge in [0.1, 0.15) is 0 Å². The Morgan fingerprint density at radius 3 is 2.94 bits per heavy atom. The summed E-state index contributed by atoms with van der Waals surface area (Å²) in [5, 5.41) is 5.27. The van der Waals surface area contributed by atoms with E-state index in [1.165, 1.54) is 6.42 Å². The second-order valence-corrected chi connectivity index (χ2v) is 6.13. The van der Waals surface area contributed by atoms with Gasteiger partial charge in [-0.05, 0) is 25.9 Å². The maximum Gasteiger partial charge on any atom is 0.156 e. The monoisotopic (exact) mass is 243 g/mol. The van der Waals surface area contributed by atoms with Crippen LogP contribution in [0.3, 0.4) is 0 Å². The van der Waals surface area contributed by atoms with Crippen LogP contribution in [0.25, 0.3) is 0 Å². The zero-order valence-corrected chi connectivity index (χ0v) is 11.8. The highest BCUT2D eigenvalue weighted by molar-refractivity contribution is 8.14. The minimum atomic E-state index is 0.700. The van der Waals surface area contributed by atoms with E-state index < -0.39 is 0 Å². The second-order valence-electron chi connectivity index (χ2n) is 4.84. The Morgan fingerprint density at radius 1 is 1.56 bits per heavy atom. The molecule has 0 aliphatic carbocycles. The molecule has 1 N–H and O–H groups in total. The number of rotatable bonds is 6. The van der Waals surface area contributed by atoms with Crippen LogP contribution < -0.4 is 5.32 Å². The van der Waals surface area contributed by atoms with Gasteiger partial charge >= 0.3 is 0 Å². The Morgan fingerprint density at radius 2 is 2.31 bits per heavy atom. The van der Waals surface area contributed by atoms with E-state index >= 15 is 0 Å². The van der Waals surface area contributed by atoms with Crippen molar-refractivity contribution in [3.8, 4) is 0 Å². The standard InChI is InChI=1S/C12H25N3S/c1-5-15(4)7-6-13-12-14-9-11(16-12)8-10(2)3/h10-11H,5-9H2,1-4H3,(H,13,14). The van der Waals surface area contributed by atoms with Gasteiger partial charge in [-0.2, -0.15) is 0 Å². The number of likely N-dealkylation sites (N-methyl/N-ethyl adjacent to an activating group) is 1. The summed E-state index contributed by atoms with van der Waals surface area (Å²) in [6.45, 7) is 10.9. The van der Waals surface area contributed by atoms with Crippen LogP contribution in [0.2, 0.25) is 0 Å². The maximum absolute atomic E-state index is 4.54. The fraction of sp³-hybridized carbons (Fsp3) is 0.917. The van der Waals surface area contributed by atoms with Crippen LogP contribution in [0.15, 0.2) is 4.99 Å². The summed E-state index contributed by atoms with van der Waals surface area (Å²) in [7, 11) is 2.15. The molecule has 0 radical (unpaired) electrons. The number of thioether (sulfide) groups is 1. The summed E-state index contributed by atoms with van der Waals surface area (Å²) < 4.78 is 0. The van der Waals surface area contributed by atoms with Crippen molar-refractivity contribution < 1.29 is 0 Å². The smallest absolute Gasteiger partial charge is 0.156 e. The van der Waals surface area contributed by atoms with Crippen molar-refractivity contribution >= 4 is 16.9 Å². The van der Waals surface area contributed by atoms with E-state index in [1.807, 2.05) is 11.8 Å². The summed E-state index contributed by atoms with van der Waals surface area (Å²) in [6.07, 6.45) is 1.27. The molecule has 16 heavy (non-hydrogen) atoms. The molecule has 1 atom stereocenters. The molecular formula is C12H25N3S. The van der Waals surface area contributed by atoms with Gasteiger partial charge in [-0.1, -0.05) is 32.5 Å². The van der Waals surface area contributed by atoms with Gasteiger partial charge in [0.25, 0.3) is 0 Å². The lowest BCUT2D eigenvalue weighted by Crippen LogP contribution is -2.31. The summed E-state index contributed by atoms with van der Waals surface area (Å²) in [4.78, 5) is 6.85. The number of nitrogens with zero attached hydrogens (tertiary/aromatic N) is 2. The predicted octanol–water partition coefficient (Wildman–Crippen LogP) is 2.05. The molecule has 4 heteroatoms. The van der Waals surface area contributed by atoms with Gasteiger partial charge in [-0.25, -0.2) is 0 Å². The van der Waals surface area contributed by atoms with Gasteiger partial charge in [0.15, 0.2) is 5.17 Å². The van der Waals surface area contributed by atoms with Crippen molar-refractivity contribution in [3.05, 3.63) is 0 Å². The summed E-state index contributed by atoms with van der Waals surface area (Å²) >= 11 is 1.92. The molecule has 1 rings (SSSR count). The van der Waals surface area contributed by atoms with E-state index in [2.05, 4.69) is 43.0 Å². The lowest BCUT2D eigenvalue weighted by molar-refractivity contribution is 0.358. The second kappa shape index (κ2) is 7.17. The fourth-order valence-electron chi connectivity index (χ4n) is 1.67. The van der Waals surface area contributed by atoms with E-state index in [-0.39, 0.29) is 0 Å². The SMILES string of the molecule is CCN(C)CCNC1=NCC(CC(C)C)S1. The molecule has 0 aromatic carbocycles. The van der Waals surface area contributed by atoms with Crippen molar-refractivity contribution in [1.29, 1.82) is 0 Å². The third-order valence-electron chi connectivity index (χ3n) is 2.76. The first kappa shape index (κ1) is 13.8. The van der Waals surface area contributed by atoms with Gasteiger partial charge in [-0.3, -0.25) is 4.99 Å². The molecule has 0 spiro atoms. The van der Waals surface area contributed by atoms with E-state index in [0.717, 1.165) is 37.3 Å². The molecule has 1 heterocycles. The highest BCUT2D eigenvalue weighted by Gasteiger charge is 2.19. The van der Waals surface area contributed by atoms with Gasteiger partial charge in [-0.15, -0.1) is 0 Å². The maximum atomic E-state index is 4.54. The Kier molecular flexibility index (Phi) is 6.21. The van der Waals surface area contributed by atoms with Crippen LogP contribution in [0, 0.1) is 5.92 Å². The third kappa shape index (κ3) is 5.21. The molecule has 1 unspecified atom stereocenters. The average molecular weight is 243 g/mol. The van der Waals surface area contributed by atoms with E-state index in [0.29, 0.717) is 5.25 Å². The number of nitrogens with one attached hydrogen (secondary N) is 1. The van der Waals surface area contributed by atoms with Crippen molar-refractivity contribution in [2.75, 3.05) is 33.2 Å². The molecule has 0 aromatic rings. The van der Waals surface area contributed by atoms with E-state index in [4.69, 9.17) is 0 Å². The minimum absolute atomic E-state index is 0.700. The van der Waals surface area contributed by atoms with Crippen LogP contribution in [0.4, 0.5) is 0 Å². The van der Waals surface area contributed by atoms with Gasteiger partial charge in [0.2, 0.25) is 0 Å². The minimum Gasteiger partial charge on any atom is -0.364 e. The first-order valence-electron chi connectivity index (χ1n) is 6.25. The largest absolute Gasteiger partial charge is 0.364 e. The normalized spacial score (nSPS) is 20.6. The van der Waals surface area contributed by atoms with Crippen LogP contribution in [0.1, 0.15) is 27.2 Å². The van der Waals surface area contributed by atoms with Crippen LogP contribution in [-0.4, -0.2) is 48.5 Å². The lowest BCUT2D eigenvalue weighted by atomic mass is 10.1. The molecular weight excluding hydrogens is 218 g/mol. The average Bonchev–Trinajstić information content (AvgIpc) is 2.64. The summed E-state index contributed by atoms with van der Waals surface area (Å²) in [5.41, 5.74) is 0. The van der Waals surface area contributed by atoms with Gasteiger partial charge < -0.3 is 10.2 Å². The zero-order chi connectivity index (χ0) is 12.0. The van der Waals surface area contributed by atoms with Gasteiger partial charge in [0.05, 0.1) is 6.54 Å². The molecule has 0 fully saturated rings. The molecule has 0 saturated heterocycles. The molecule has 1 aliphatic heterocycles. The first-order chi connectivity index (χ1) is 7.61. The van der Waals surface area contributed by atoms with E-state index in [1.54, 1.807) is 0 Å². The third-order valence-corrected chi connectivity index (χ3v) is 3.93. The van der Waals surface area contributed by atoms with Crippen molar-refractivity contribution in [2.45, 2.75) is 32.4 Å². The lowest BCUT2D eigenvalue weighted by Gasteiger charge is -2.15. The predicted molar refractivity (Wildman–Crippen MR) is 74.3 cm³/mol. The fourth-order valence-corrected chi connectivity index (χ4v) is 2.96. The highest BCUT2D eigenvalue weighted by atomic mass is 32.2. The quantitative estimate of drug-likeness (QED) is 0.774. The molecule has 0 saturated carbocycles. The Balaban J connectivity index is 2.11. The van der Waals surface area contributed by atoms with Crippen LogP contribution >= 0.6 is 11.8 Å². The molecule has 3 nitrogen and oxygen atoms in total. The number of amidine groups is 1. The Hall–Kier alpha value is -0.220. The first-order valence-corrected chi connectivity index (χ1v) is 7.13. The number of hydrogen-bond donors (Lipinski definition) is 1. The van der Waals surface area contributed by atoms with Crippen molar-refractivity contribution in [1.82, 2.24) is 10.2 Å². The van der Waals surface area contributed by atoms with E-state index in [9.17, 15) is 0 Å². The molecule has 0 bridgehead atoms.